The van der Waals surface area contributed by atoms with Gasteiger partial charge in [-0.15, -0.1) is 0 Å². The van der Waals surface area contributed by atoms with Crippen LogP contribution in [-0.2, 0) is 9.53 Å². The summed E-state index contributed by atoms with van der Waals surface area (Å²) in [4.78, 5) is 10.7. The van der Waals surface area contributed by atoms with Crippen LogP contribution in [-0.4, -0.2) is 35.9 Å². The van der Waals surface area contributed by atoms with Gasteiger partial charge in [-0.2, -0.15) is 0 Å². The highest BCUT2D eigenvalue weighted by Crippen LogP contribution is 2.21. The second-order valence-corrected chi connectivity index (χ2v) is 4.55. The van der Waals surface area contributed by atoms with Gasteiger partial charge >= 0.3 is 5.97 Å². The zero-order valence-corrected chi connectivity index (χ0v) is 8.95. The van der Waals surface area contributed by atoms with Crippen molar-refractivity contribution in [2.75, 3.05) is 6.54 Å². The Morgan fingerprint density at radius 2 is 2.00 bits per heavy atom. The van der Waals surface area contributed by atoms with E-state index in [2.05, 4.69) is 5.32 Å². The van der Waals surface area contributed by atoms with Gasteiger partial charge in [0.05, 0.1) is 6.10 Å². The molecule has 86 valence electrons. The van der Waals surface area contributed by atoms with Crippen molar-refractivity contribution in [3.05, 3.63) is 0 Å². The Morgan fingerprint density at radius 3 is 2.60 bits per heavy atom. The fourth-order valence-corrected chi connectivity index (χ4v) is 2.47. The molecule has 1 saturated carbocycles. The molecule has 0 spiro atoms. The van der Waals surface area contributed by atoms with Crippen LogP contribution in [0.15, 0.2) is 0 Å². The maximum Gasteiger partial charge on any atom is 0.332 e. The first-order valence-electron chi connectivity index (χ1n) is 5.87. The average molecular weight is 213 g/mol. The smallest absolute Gasteiger partial charge is 0.332 e. The van der Waals surface area contributed by atoms with Crippen molar-refractivity contribution in [1.29, 1.82) is 0 Å². The van der Waals surface area contributed by atoms with Gasteiger partial charge in [-0.1, -0.05) is 12.8 Å². The minimum absolute atomic E-state index is 0.103. The monoisotopic (exact) mass is 213 g/mol. The Bertz CT molecular complexity index is 226. The SMILES string of the molecule is O=C(O)C1CCC(CNC2CCCC2)O1. The first kappa shape index (κ1) is 10.9. The van der Waals surface area contributed by atoms with E-state index < -0.39 is 12.1 Å². The summed E-state index contributed by atoms with van der Waals surface area (Å²) in [5, 5.41) is 12.2. The van der Waals surface area contributed by atoms with Crippen molar-refractivity contribution in [2.24, 2.45) is 0 Å². The maximum absolute atomic E-state index is 10.7. The molecule has 1 heterocycles. The molecular weight excluding hydrogens is 194 g/mol. The van der Waals surface area contributed by atoms with Crippen molar-refractivity contribution in [3.63, 3.8) is 0 Å². The summed E-state index contributed by atoms with van der Waals surface area (Å²) in [6.07, 6.45) is 6.22. The molecule has 0 aromatic rings. The second-order valence-electron chi connectivity index (χ2n) is 4.55. The van der Waals surface area contributed by atoms with Crippen molar-refractivity contribution in [1.82, 2.24) is 5.32 Å². The molecule has 1 aliphatic carbocycles. The van der Waals surface area contributed by atoms with Crippen LogP contribution in [0.2, 0.25) is 0 Å². The van der Waals surface area contributed by atoms with Gasteiger partial charge in [0.15, 0.2) is 6.10 Å². The molecule has 4 heteroatoms. The number of aliphatic carboxylic acids is 1. The van der Waals surface area contributed by atoms with Crippen molar-refractivity contribution >= 4 is 5.97 Å². The summed E-state index contributed by atoms with van der Waals surface area (Å²) >= 11 is 0. The third-order valence-corrected chi connectivity index (χ3v) is 3.37. The van der Waals surface area contributed by atoms with E-state index in [1.165, 1.54) is 25.7 Å². The van der Waals surface area contributed by atoms with E-state index in [0.717, 1.165) is 13.0 Å². The number of carboxylic acids is 1. The average Bonchev–Trinajstić information content (AvgIpc) is 2.86. The number of hydrogen-bond donors (Lipinski definition) is 2. The molecule has 0 aromatic heterocycles. The van der Waals surface area contributed by atoms with Gasteiger partial charge in [0.2, 0.25) is 0 Å². The summed E-state index contributed by atoms with van der Waals surface area (Å²) < 4.78 is 5.42. The standard InChI is InChI=1S/C11H19NO3/c13-11(14)10-6-5-9(15-10)7-12-8-3-1-2-4-8/h8-10,12H,1-7H2,(H,13,14). The van der Waals surface area contributed by atoms with Crippen molar-refractivity contribution < 1.29 is 14.6 Å². The summed E-state index contributed by atoms with van der Waals surface area (Å²) in [5.41, 5.74) is 0. The topological polar surface area (TPSA) is 58.6 Å². The molecule has 0 bridgehead atoms. The normalized spacial score (nSPS) is 32.3. The fourth-order valence-electron chi connectivity index (χ4n) is 2.47. The molecule has 15 heavy (non-hydrogen) atoms. The highest BCUT2D eigenvalue weighted by molar-refractivity contribution is 5.72. The number of hydrogen-bond acceptors (Lipinski definition) is 3. The van der Waals surface area contributed by atoms with Crippen LogP contribution < -0.4 is 5.32 Å². The minimum Gasteiger partial charge on any atom is -0.479 e. The van der Waals surface area contributed by atoms with Crippen LogP contribution in [0, 0.1) is 0 Å². The Morgan fingerprint density at radius 1 is 1.27 bits per heavy atom. The molecule has 0 radical (unpaired) electrons. The van der Waals surface area contributed by atoms with Gasteiger partial charge in [-0.25, -0.2) is 4.79 Å². The molecule has 1 aliphatic heterocycles. The highest BCUT2D eigenvalue weighted by atomic mass is 16.5. The first-order chi connectivity index (χ1) is 7.25. The van der Waals surface area contributed by atoms with Crippen LogP contribution in [0.5, 0.6) is 0 Å². The van der Waals surface area contributed by atoms with Gasteiger partial charge in [0.25, 0.3) is 0 Å². The summed E-state index contributed by atoms with van der Waals surface area (Å²) in [7, 11) is 0. The molecule has 0 amide bonds. The quantitative estimate of drug-likeness (QED) is 0.735. The molecule has 4 nitrogen and oxygen atoms in total. The fraction of sp³-hybridized carbons (Fsp3) is 0.909. The summed E-state index contributed by atoms with van der Waals surface area (Å²) in [6, 6.07) is 0.637. The van der Waals surface area contributed by atoms with Crippen molar-refractivity contribution in [2.45, 2.75) is 56.8 Å². The minimum atomic E-state index is -0.821. The molecule has 2 fully saturated rings. The Kier molecular flexibility index (Phi) is 3.59. The van der Waals surface area contributed by atoms with Crippen LogP contribution in [0.4, 0.5) is 0 Å². The third-order valence-electron chi connectivity index (χ3n) is 3.37. The lowest BCUT2D eigenvalue weighted by Crippen LogP contribution is -2.34. The van der Waals surface area contributed by atoms with Crippen LogP contribution in [0.3, 0.4) is 0 Å². The Labute approximate surface area is 90.0 Å². The summed E-state index contributed by atoms with van der Waals surface area (Å²) in [6.45, 7) is 0.814. The van der Waals surface area contributed by atoms with Gasteiger partial charge in [0.1, 0.15) is 0 Å². The lowest BCUT2D eigenvalue weighted by Gasteiger charge is -2.16. The van der Waals surface area contributed by atoms with E-state index in [0.29, 0.717) is 12.5 Å². The zero-order chi connectivity index (χ0) is 10.7. The van der Waals surface area contributed by atoms with Gasteiger partial charge in [0, 0.05) is 12.6 Å². The molecule has 2 N–H and O–H groups in total. The molecule has 0 aromatic carbocycles. The molecule has 2 atom stereocenters. The number of rotatable bonds is 4. The van der Waals surface area contributed by atoms with E-state index in [1.54, 1.807) is 0 Å². The number of carboxylic acid groups (broad SMARTS) is 1. The van der Waals surface area contributed by atoms with Gasteiger partial charge < -0.3 is 15.2 Å². The van der Waals surface area contributed by atoms with Crippen LogP contribution >= 0.6 is 0 Å². The zero-order valence-electron chi connectivity index (χ0n) is 8.95. The van der Waals surface area contributed by atoms with Gasteiger partial charge in [-0.05, 0) is 25.7 Å². The maximum atomic E-state index is 10.7. The third kappa shape index (κ3) is 2.92. The van der Waals surface area contributed by atoms with E-state index >= 15 is 0 Å². The number of ether oxygens (including phenoxy) is 1. The molecule has 2 rings (SSSR count). The summed E-state index contributed by atoms with van der Waals surface area (Å²) in [5.74, 6) is -0.821. The van der Waals surface area contributed by atoms with Gasteiger partial charge in [-0.3, -0.25) is 0 Å². The van der Waals surface area contributed by atoms with Crippen molar-refractivity contribution in [3.8, 4) is 0 Å². The number of nitrogens with one attached hydrogen (secondary N) is 1. The van der Waals surface area contributed by atoms with E-state index in [1.807, 2.05) is 0 Å². The van der Waals surface area contributed by atoms with Crippen LogP contribution in [0.25, 0.3) is 0 Å². The molecular formula is C11H19NO3. The van der Waals surface area contributed by atoms with E-state index in [4.69, 9.17) is 9.84 Å². The number of carbonyl (C=O) groups is 1. The Hall–Kier alpha value is -0.610. The lowest BCUT2D eigenvalue weighted by molar-refractivity contribution is -0.149. The Balaban J connectivity index is 1.66. The lowest BCUT2D eigenvalue weighted by atomic mass is 10.2. The molecule has 2 aliphatic rings. The molecule has 2 unspecified atom stereocenters. The van der Waals surface area contributed by atoms with Crippen LogP contribution in [0.1, 0.15) is 38.5 Å². The van der Waals surface area contributed by atoms with E-state index in [-0.39, 0.29) is 6.10 Å². The first-order valence-corrected chi connectivity index (χ1v) is 5.87. The predicted octanol–water partition coefficient (Wildman–Crippen LogP) is 1.15. The highest BCUT2D eigenvalue weighted by Gasteiger charge is 2.30. The molecule has 1 saturated heterocycles. The van der Waals surface area contributed by atoms with E-state index in [9.17, 15) is 4.79 Å². The largest absolute Gasteiger partial charge is 0.479 e. The second kappa shape index (κ2) is 4.94. The predicted molar refractivity (Wildman–Crippen MR) is 55.8 cm³/mol.